The molecule has 0 aliphatic carbocycles. The van der Waals surface area contributed by atoms with Gasteiger partial charge < -0.3 is 9.84 Å². The smallest absolute Gasteiger partial charge is 0.335 e. The van der Waals surface area contributed by atoms with Crippen molar-refractivity contribution in [2.75, 3.05) is 13.7 Å². The zero-order valence-corrected chi connectivity index (χ0v) is 8.36. The lowest BCUT2D eigenvalue weighted by atomic mass is 10.00. The van der Waals surface area contributed by atoms with Crippen LogP contribution >= 0.6 is 0 Å². The van der Waals surface area contributed by atoms with Gasteiger partial charge in [-0.05, 0) is 17.7 Å². The van der Waals surface area contributed by atoms with Gasteiger partial charge in [0.25, 0.3) is 0 Å². The molecule has 1 atom stereocenters. The van der Waals surface area contributed by atoms with Crippen molar-refractivity contribution in [2.45, 2.75) is 12.8 Å². The highest BCUT2D eigenvalue weighted by Crippen LogP contribution is 2.16. The molecule has 14 heavy (non-hydrogen) atoms. The molecule has 0 bridgehead atoms. The van der Waals surface area contributed by atoms with Crippen LogP contribution in [0.25, 0.3) is 0 Å². The average molecular weight is 194 g/mol. The summed E-state index contributed by atoms with van der Waals surface area (Å²) in [7, 11) is 1.64. The molecule has 1 aromatic carbocycles. The number of carboxylic acids is 1. The predicted molar refractivity (Wildman–Crippen MR) is 53.7 cm³/mol. The van der Waals surface area contributed by atoms with E-state index in [9.17, 15) is 4.79 Å². The van der Waals surface area contributed by atoms with Crippen molar-refractivity contribution in [2.24, 2.45) is 0 Å². The summed E-state index contributed by atoms with van der Waals surface area (Å²) < 4.78 is 5.01. The molecule has 0 spiro atoms. The van der Waals surface area contributed by atoms with E-state index in [-0.39, 0.29) is 5.92 Å². The second kappa shape index (κ2) is 4.77. The molecule has 3 heteroatoms. The normalized spacial score (nSPS) is 12.4. The Balaban J connectivity index is 2.87. The van der Waals surface area contributed by atoms with Crippen LogP contribution in [0.2, 0.25) is 0 Å². The molecule has 1 aromatic rings. The van der Waals surface area contributed by atoms with Gasteiger partial charge in [0.05, 0.1) is 12.2 Å². The molecule has 0 aromatic heterocycles. The minimum absolute atomic E-state index is 0.222. The first-order chi connectivity index (χ1) is 6.65. The van der Waals surface area contributed by atoms with E-state index in [0.717, 1.165) is 5.56 Å². The Kier molecular flexibility index (Phi) is 3.65. The molecule has 1 unspecified atom stereocenters. The van der Waals surface area contributed by atoms with E-state index in [4.69, 9.17) is 9.84 Å². The van der Waals surface area contributed by atoms with Gasteiger partial charge in [-0.1, -0.05) is 19.1 Å². The van der Waals surface area contributed by atoms with E-state index >= 15 is 0 Å². The lowest BCUT2D eigenvalue weighted by Crippen LogP contribution is -2.04. The van der Waals surface area contributed by atoms with Gasteiger partial charge in [0, 0.05) is 13.0 Å². The summed E-state index contributed by atoms with van der Waals surface area (Å²) in [5.74, 6) is -0.671. The van der Waals surface area contributed by atoms with E-state index in [2.05, 4.69) is 0 Å². The van der Waals surface area contributed by atoms with Crippen molar-refractivity contribution in [1.82, 2.24) is 0 Å². The Morgan fingerprint density at radius 1 is 1.57 bits per heavy atom. The standard InChI is InChI=1S/C11H14O3/c1-8(7-14-2)9-4-3-5-10(6-9)11(12)13/h3-6,8H,7H2,1-2H3,(H,12,13). The van der Waals surface area contributed by atoms with Crippen molar-refractivity contribution in [3.8, 4) is 0 Å². The third-order valence-electron chi connectivity index (χ3n) is 2.12. The van der Waals surface area contributed by atoms with Gasteiger partial charge in [-0.2, -0.15) is 0 Å². The lowest BCUT2D eigenvalue weighted by Gasteiger charge is -2.10. The topological polar surface area (TPSA) is 46.5 Å². The highest BCUT2D eigenvalue weighted by Gasteiger charge is 2.08. The first-order valence-electron chi connectivity index (χ1n) is 4.47. The molecule has 3 nitrogen and oxygen atoms in total. The number of rotatable bonds is 4. The highest BCUT2D eigenvalue weighted by molar-refractivity contribution is 5.87. The van der Waals surface area contributed by atoms with Crippen LogP contribution in [0.1, 0.15) is 28.8 Å². The molecule has 0 aliphatic rings. The van der Waals surface area contributed by atoms with E-state index in [1.165, 1.54) is 0 Å². The largest absolute Gasteiger partial charge is 0.478 e. The Morgan fingerprint density at radius 3 is 2.86 bits per heavy atom. The maximum Gasteiger partial charge on any atom is 0.335 e. The van der Waals surface area contributed by atoms with Crippen LogP contribution in [0.3, 0.4) is 0 Å². The summed E-state index contributed by atoms with van der Waals surface area (Å²) in [6, 6.07) is 6.94. The van der Waals surface area contributed by atoms with Gasteiger partial charge in [-0.25, -0.2) is 4.79 Å². The van der Waals surface area contributed by atoms with Gasteiger partial charge in [0.15, 0.2) is 0 Å². The second-order valence-electron chi connectivity index (χ2n) is 3.29. The summed E-state index contributed by atoms with van der Waals surface area (Å²) in [5, 5.41) is 8.79. The summed E-state index contributed by atoms with van der Waals surface area (Å²) in [6.07, 6.45) is 0. The minimum Gasteiger partial charge on any atom is -0.478 e. The van der Waals surface area contributed by atoms with Crippen LogP contribution in [0, 0.1) is 0 Å². The van der Waals surface area contributed by atoms with Gasteiger partial charge in [0.2, 0.25) is 0 Å². The molecule has 0 fully saturated rings. The van der Waals surface area contributed by atoms with E-state index in [1.54, 1.807) is 25.3 Å². The van der Waals surface area contributed by atoms with E-state index < -0.39 is 5.97 Å². The maximum atomic E-state index is 10.7. The molecule has 0 saturated heterocycles. The molecule has 0 heterocycles. The fourth-order valence-electron chi connectivity index (χ4n) is 1.32. The van der Waals surface area contributed by atoms with Crippen LogP contribution in [0.15, 0.2) is 24.3 Å². The van der Waals surface area contributed by atoms with Crippen LogP contribution in [-0.2, 0) is 4.74 Å². The highest BCUT2D eigenvalue weighted by atomic mass is 16.5. The Morgan fingerprint density at radius 2 is 2.29 bits per heavy atom. The average Bonchev–Trinajstić information content (AvgIpc) is 2.18. The van der Waals surface area contributed by atoms with E-state index in [0.29, 0.717) is 12.2 Å². The van der Waals surface area contributed by atoms with Crippen molar-refractivity contribution in [1.29, 1.82) is 0 Å². The second-order valence-corrected chi connectivity index (χ2v) is 3.29. The molecule has 0 radical (unpaired) electrons. The number of aromatic carboxylic acids is 1. The Labute approximate surface area is 83.3 Å². The van der Waals surface area contributed by atoms with Gasteiger partial charge >= 0.3 is 5.97 Å². The fourth-order valence-corrected chi connectivity index (χ4v) is 1.32. The number of methoxy groups -OCH3 is 1. The van der Waals surface area contributed by atoms with Crippen LogP contribution in [0.4, 0.5) is 0 Å². The van der Waals surface area contributed by atoms with Crippen LogP contribution in [0.5, 0.6) is 0 Å². The van der Waals surface area contributed by atoms with Crippen molar-refractivity contribution < 1.29 is 14.6 Å². The van der Waals surface area contributed by atoms with Crippen LogP contribution < -0.4 is 0 Å². The number of carbonyl (C=O) groups is 1. The first-order valence-corrected chi connectivity index (χ1v) is 4.47. The van der Waals surface area contributed by atoms with Crippen molar-refractivity contribution >= 4 is 5.97 Å². The van der Waals surface area contributed by atoms with Crippen molar-refractivity contribution in [3.63, 3.8) is 0 Å². The summed E-state index contributed by atoms with van der Waals surface area (Å²) >= 11 is 0. The predicted octanol–water partition coefficient (Wildman–Crippen LogP) is 2.13. The molecular weight excluding hydrogens is 180 g/mol. The molecule has 0 amide bonds. The Bertz CT molecular complexity index is 320. The zero-order chi connectivity index (χ0) is 10.6. The van der Waals surface area contributed by atoms with Gasteiger partial charge in [-0.3, -0.25) is 0 Å². The molecule has 1 rings (SSSR count). The lowest BCUT2D eigenvalue weighted by molar-refractivity contribution is 0.0696. The third kappa shape index (κ3) is 2.57. The van der Waals surface area contributed by atoms with Gasteiger partial charge in [-0.15, -0.1) is 0 Å². The summed E-state index contributed by atoms with van der Waals surface area (Å²) in [6.45, 7) is 2.60. The number of ether oxygens (including phenoxy) is 1. The quantitative estimate of drug-likeness (QED) is 0.798. The van der Waals surface area contributed by atoms with Gasteiger partial charge in [0.1, 0.15) is 0 Å². The van der Waals surface area contributed by atoms with Crippen molar-refractivity contribution in [3.05, 3.63) is 35.4 Å². The number of hydrogen-bond acceptors (Lipinski definition) is 2. The SMILES string of the molecule is COCC(C)c1cccc(C(=O)O)c1. The number of carboxylic acid groups (broad SMARTS) is 1. The fraction of sp³-hybridized carbons (Fsp3) is 0.364. The third-order valence-corrected chi connectivity index (χ3v) is 2.12. The Hall–Kier alpha value is -1.35. The number of benzene rings is 1. The number of hydrogen-bond donors (Lipinski definition) is 1. The summed E-state index contributed by atoms with van der Waals surface area (Å²) in [4.78, 5) is 10.7. The van der Waals surface area contributed by atoms with Crippen LogP contribution in [-0.4, -0.2) is 24.8 Å². The first kappa shape index (κ1) is 10.7. The molecule has 0 saturated carbocycles. The summed E-state index contributed by atoms with van der Waals surface area (Å²) in [5.41, 5.74) is 1.32. The molecular formula is C11H14O3. The molecule has 0 aliphatic heterocycles. The monoisotopic (exact) mass is 194 g/mol. The molecule has 76 valence electrons. The zero-order valence-electron chi connectivity index (χ0n) is 8.36. The minimum atomic E-state index is -0.892. The molecule has 1 N–H and O–H groups in total. The maximum absolute atomic E-state index is 10.7. The van der Waals surface area contributed by atoms with E-state index in [1.807, 2.05) is 13.0 Å².